The van der Waals surface area contributed by atoms with Crippen LogP contribution in [0, 0.1) is 6.92 Å². The van der Waals surface area contributed by atoms with Crippen molar-refractivity contribution in [3.63, 3.8) is 0 Å². The van der Waals surface area contributed by atoms with Gasteiger partial charge in [-0.25, -0.2) is 0 Å². The van der Waals surface area contributed by atoms with Crippen molar-refractivity contribution in [3.05, 3.63) is 18.0 Å². The third kappa shape index (κ3) is 1.67. The lowest BCUT2D eigenvalue weighted by molar-refractivity contribution is 0.132. The highest BCUT2D eigenvalue weighted by Crippen LogP contribution is 2.38. The first-order valence-electron chi connectivity index (χ1n) is 4.39. The molecule has 1 heterocycles. The fourth-order valence-corrected chi connectivity index (χ4v) is 1.31. The summed E-state index contributed by atoms with van der Waals surface area (Å²) in [6, 6.07) is 0. The molecule has 0 radical (unpaired) electrons. The predicted molar refractivity (Wildman–Crippen MR) is 45.8 cm³/mol. The largest absolute Gasteiger partial charge is 0.390 e. The molecule has 1 aliphatic carbocycles. The Bertz CT molecular complexity index is 276. The van der Waals surface area contributed by atoms with Gasteiger partial charge in [0.05, 0.1) is 11.8 Å². The highest BCUT2D eigenvalue weighted by molar-refractivity contribution is 5.00. The van der Waals surface area contributed by atoms with Gasteiger partial charge in [-0.15, -0.1) is 0 Å². The lowest BCUT2D eigenvalue weighted by Gasteiger charge is -2.06. The summed E-state index contributed by atoms with van der Waals surface area (Å²) in [5, 5.41) is 13.7. The van der Waals surface area contributed by atoms with Gasteiger partial charge in [-0.1, -0.05) is 0 Å². The van der Waals surface area contributed by atoms with Crippen molar-refractivity contribution < 1.29 is 5.11 Å². The molecule has 66 valence electrons. The van der Waals surface area contributed by atoms with E-state index in [0.717, 1.165) is 25.8 Å². The van der Waals surface area contributed by atoms with Gasteiger partial charge in [0.1, 0.15) is 0 Å². The summed E-state index contributed by atoms with van der Waals surface area (Å²) in [7, 11) is 0. The zero-order chi connectivity index (χ0) is 8.60. The van der Waals surface area contributed by atoms with Crippen molar-refractivity contribution in [1.29, 1.82) is 0 Å². The van der Waals surface area contributed by atoms with Crippen LogP contribution in [0.3, 0.4) is 0 Å². The van der Waals surface area contributed by atoms with Crippen LogP contribution in [0.2, 0.25) is 0 Å². The Balaban J connectivity index is 1.87. The van der Waals surface area contributed by atoms with E-state index in [2.05, 4.69) is 5.10 Å². The highest BCUT2D eigenvalue weighted by Gasteiger charge is 2.39. The topological polar surface area (TPSA) is 38.0 Å². The molecule has 0 aliphatic heterocycles. The highest BCUT2D eigenvalue weighted by atomic mass is 16.3. The van der Waals surface area contributed by atoms with Gasteiger partial charge in [0.2, 0.25) is 0 Å². The molecule has 2 rings (SSSR count). The Morgan fingerprint density at radius 3 is 2.92 bits per heavy atom. The van der Waals surface area contributed by atoms with Gasteiger partial charge in [-0.3, -0.25) is 4.68 Å². The van der Waals surface area contributed by atoms with Gasteiger partial charge >= 0.3 is 0 Å². The minimum atomic E-state index is -0.347. The van der Waals surface area contributed by atoms with Crippen molar-refractivity contribution in [3.8, 4) is 0 Å². The molecule has 0 bridgehead atoms. The lowest BCUT2D eigenvalue weighted by Crippen LogP contribution is -2.11. The molecule has 0 spiro atoms. The molecule has 1 aliphatic rings. The molecule has 1 N–H and O–H groups in total. The first-order valence-corrected chi connectivity index (χ1v) is 4.39. The standard InChI is InChI=1S/C9H14N2O/c1-8-6-10-11(7-8)5-4-9(12)2-3-9/h6-7,12H,2-5H2,1H3. The van der Waals surface area contributed by atoms with Crippen LogP contribution in [-0.4, -0.2) is 20.5 Å². The number of rotatable bonds is 3. The summed E-state index contributed by atoms with van der Waals surface area (Å²) in [6.45, 7) is 2.86. The average Bonchev–Trinajstić information content (AvgIpc) is 2.60. The van der Waals surface area contributed by atoms with Crippen molar-refractivity contribution in [2.75, 3.05) is 0 Å². The third-order valence-electron chi connectivity index (χ3n) is 2.40. The fourth-order valence-electron chi connectivity index (χ4n) is 1.31. The zero-order valence-electron chi connectivity index (χ0n) is 7.32. The molecule has 0 saturated heterocycles. The predicted octanol–water partition coefficient (Wildman–Crippen LogP) is 1.11. The molecule has 0 atom stereocenters. The Labute approximate surface area is 72.0 Å². The van der Waals surface area contributed by atoms with Gasteiger partial charge in [-0.2, -0.15) is 5.10 Å². The Morgan fingerprint density at radius 1 is 1.67 bits per heavy atom. The zero-order valence-corrected chi connectivity index (χ0v) is 7.32. The number of nitrogens with zero attached hydrogens (tertiary/aromatic N) is 2. The molecule has 3 nitrogen and oxygen atoms in total. The Hall–Kier alpha value is -0.830. The number of aliphatic hydroxyl groups is 1. The van der Waals surface area contributed by atoms with E-state index in [4.69, 9.17) is 0 Å². The van der Waals surface area contributed by atoms with Gasteiger partial charge in [-0.05, 0) is 31.7 Å². The molecule has 0 amide bonds. The monoisotopic (exact) mass is 166 g/mol. The summed E-state index contributed by atoms with van der Waals surface area (Å²) >= 11 is 0. The second-order valence-corrected chi connectivity index (χ2v) is 3.76. The molecular weight excluding hydrogens is 152 g/mol. The van der Waals surface area contributed by atoms with Crippen LogP contribution in [0.15, 0.2) is 12.4 Å². The van der Waals surface area contributed by atoms with E-state index in [1.165, 1.54) is 5.56 Å². The number of aryl methyl sites for hydroxylation is 2. The van der Waals surface area contributed by atoms with Crippen molar-refractivity contribution in [2.24, 2.45) is 0 Å². The molecule has 1 fully saturated rings. The van der Waals surface area contributed by atoms with Crippen LogP contribution in [0.1, 0.15) is 24.8 Å². The molecule has 3 heteroatoms. The number of aromatic nitrogens is 2. The number of hydrogen-bond donors (Lipinski definition) is 1. The summed E-state index contributed by atoms with van der Waals surface area (Å²) in [5.41, 5.74) is 0.831. The third-order valence-corrected chi connectivity index (χ3v) is 2.40. The van der Waals surface area contributed by atoms with E-state index in [1.807, 2.05) is 24.0 Å². The van der Waals surface area contributed by atoms with Crippen molar-refractivity contribution >= 4 is 0 Å². The molecule has 1 aromatic rings. The van der Waals surface area contributed by atoms with E-state index in [-0.39, 0.29) is 5.60 Å². The summed E-state index contributed by atoms with van der Waals surface area (Å²) < 4.78 is 1.89. The maximum Gasteiger partial charge on any atom is 0.0667 e. The van der Waals surface area contributed by atoms with Crippen molar-refractivity contribution in [1.82, 2.24) is 9.78 Å². The van der Waals surface area contributed by atoms with Gasteiger partial charge in [0.25, 0.3) is 0 Å². The Kier molecular flexibility index (Phi) is 1.68. The van der Waals surface area contributed by atoms with Crippen LogP contribution >= 0.6 is 0 Å². The first-order chi connectivity index (χ1) is 5.68. The van der Waals surface area contributed by atoms with Crippen molar-refractivity contribution in [2.45, 2.75) is 38.3 Å². The van der Waals surface area contributed by atoms with Crippen LogP contribution in [0.25, 0.3) is 0 Å². The van der Waals surface area contributed by atoms with E-state index in [9.17, 15) is 5.11 Å². The molecular formula is C9H14N2O. The molecule has 0 aromatic carbocycles. The maximum atomic E-state index is 9.56. The van der Waals surface area contributed by atoms with E-state index < -0.39 is 0 Å². The second kappa shape index (κ2) is 2.59. The van der Waals surface area contributed by atoms with E-state index in [1.54, 1.807) is 0 Å². The molecule has 1 saturated carbocycles. The summed E-state index contributed by atoms with van der Waals surface area (Å²) in [4.78, 5) is 0. The van der Waals surface area contributed by atoms with Gasteiger partial charge < -0.3 is 5.11 Å². The van der Waals surface area contributed by atoms with Crippen LogP contribution in [0.4, 0.5) is 0 Å². The van der Waals surface area contributed by atoms with E-state index in [0.29, 0.717) is 0 Å². The fraction of sp³-hybridized carbons (Fsp3) is 0.667. The smallest absolute Gasteiger partial charge is 0.0667 e. The minimum Gasteiger partial charge on any atom is -0.390 e. The Morgan fingerprint density at radius 2 is 2.42 bits per heavy atom. The number of hydrogen-bond acceptors (Lipinski definition) is 2. The summed E-state index contributed by atoms with van der Waals surface area (Å²) in [5.74, 6) is 0. The van der Waals surface area contributed by atoms with Gasteiger partial charge in [0.15, 0.2) is 0 Å². The quantitative estimate of drug-likeness (QED) is 0.730. The van der Waals surface area contributed by atoms with Crippen LogP contribution in [-0.2, 0) is 6.54 Å². The second-order valence-electron chi connectivity index (χ2n) is 3.76. The van der Waals surface area contributed by atoms with Crippen LogP contribution in [0.5, 0.6) is 0 Å². The molecule has 12 heavy (non-hydrogen) atoms. The lowest BCUT2D eigenvalue weighted by atomic mass is 10.2. The average molecular weight is 166 g/mol. The molecule has 1 aromatic heterocycles. The normalized spacial score (nSPS) is 19.5. The first kappa shape index (κ1) is 7.80. The maximum absolute atomic E-state index is 9.56. The minimum absolute atomic E-state index is 0.347. The van der Waals surface area contributed by atoms with Crippen LogP contribution < -0.4 is 0 Å². The molecule has 0 unspecified atom stereocenters. The van der Waals surface area contributed by atoms with Gasteiger partial charge in [0, 0.05) is 12.7 Å². The van der Waals surface area contributed by atoms with E-state index >= 15 is 0 Å². The summed E-state index contributed by atoms with van der Waals surface area (Å²) in [6.07, 6.45) is 6.62. The SMILES string of the molecule is Cc1cnn(CCC2(O)CC2)c1.